The molecule has 0 saturated heterocycles. The second-order valence-corrected chi connectivity index (χ2v) is 11.9. The lowest BCUT2D eigenvalue weighted by molar-refractivity contribution is -0.106. The SMILES string of the molecule is COc1ccc(CN(C(=O)c2ccc(Br)c(OC)n2)C(CON2C(=O)c3ccccc3C2=O)c2cc3ccccc3s2)cc1. The second-order valence-electron chi connectivity index (χ2n) is 9.92. The van der Waals surface area contributed by atoms with Crippen LogP contribution in [0.2, 0.25) is 0 Å². The number of imide groups is 1. The third kappa shape index (κ3) is 5.69. The van der Waals surface area contributed by atoms with Gasteiger partial charge in [0.2, 0.25) is 5.88 Å². The van der Waals surface area contributed by atoms with Gasteiger partial charge in [0.05, 0.1) is 35.9 Å². The fraction of sp³-hybridized carbons (Fsp3) is 0.152. The van der Waals surface area contributed by atoms with Crippen molar-refractivity contribution < 1.29 is 28.7 Å². The Morgan fingerprint density at radius 1 is 0.909 bits per heavy atom. The maximum absolute atomic E-state index is 14.4. The minimum atomic E-state index is -0.706. The molecule has 1 aliphatic heterocycles. The number of hydroxylamine groups is 2. The number of fused-ring (bicyclic) bond motifs is 2. The molecule has 0 radical (unpaired) electrons. The van der Waals surface area contributed by atoms with Gasteiger partial charge >= 0.3 is 0 Å². The fourth-order valence-corrected chi connectivity index (χ4v) is 6.55. The molecule has 6 rings (SSSR count). The number of aromatic nitrogens is 1. The summed E-state index contributed by atoms with van der Waals surface area (Å²) in [6.07, 6.45) is 0. The van der Waals surface area contributed by atoms with Gasteiger partial charge in [-0.1, -0.05) is 42.5 Å². The molecule has 0 saturated carbocycles. The highest BCUT2D eigenvalue weighted by molar-refractivity contribution is 9.10. The van der Waals surface area contributed by atoms with E-state index >= 15 is 0 Å². The van der Waals surface area contributed by atoms with Crippen LogP contribution in [-0.4, -0.2) is 53.5 Å². The third-order valence-electron chi connectivity index (χ3n) is 7.27. The Balaban J connectivity index is 1.41. The average molecular weight is 673 g/mol. The first-order chi connectivity index (χ1) is 21.4. The number of benzene rings is 3. The normalized spacial score (nSPS) is 13.2. The summed E-state index contributed by atoms with van der Waals surface area (Å²) in [4.78, 5) is 53.5. The predicted octanol–water partition coefficient (Wildman–Crippen LogP) is 6.69. The van der Waals surface area contributed by atoms with E-state index in [9.17, 15) is 14.4 Å². The van der Waals surface area contributed by atoms with Crippen molar-refractivity contribution in [2.75, 3.05) is 20.8 Å². The van der Waals surface area contributed by atoms with Gasteiger partial charge in [-0.05, 0) is 75.4 Å². The summed E-state index contributed by atoms with van der Waals surface area (Å²) in [6, 6.07) is 26.5. The molecule has 11 heteroatoms. The molecule has 3 amide bonds. The largest absolute Gasteiger partial charge is 0.497 e. The minimum Gasteiger partial charge on any atom is -0.497 e. The zero-order valence-electron chi connectivity index (χ0n) is 23.7. The van der Waals surface area contributed by atoms with Crippen LogP contribution in [-0.2, 0) is 11.4 Å². The molecular formula is C33H26BrN3O6S. The van der Waals surface area contributed by atoms with Crippen LogP contribution in [0.15, 0.2) is 95.5 Å². The first kappa shape index (κ1) is 29.5. The van der Waals surface area contributed by atoms with Gasteiger partial charge in [-0.2, -0.15) is 0 Å². The van der Waals surface area contributed by atoms with E-state index in [1.165, 1.54) is 18.4 Å². The first-order valence-corrected chi connectivity index (χ1v) is 15.2. The molecule has 1 aliphatic rings. The summed E-state index contributed by atoms with van der Waals surface area (Å²) in [5, 5.41) is 1.78. The lowest BCUT2D eigenvalue weighted by atomic mass is 10.1. The topological polar surface area (TPSA) is 98.3 Å². The standard InChI is InChI=1S/C33H26BrN3O6S/c1-41-22-13-11-20(12-14-22)18-36(33(40)26-16-15-25(34)30(35-26)42-2)27(29-17-21-7-3-6-10-28(21)44-29)19-43-37-31(38)23-8-4-5-9-24(23)32(37)39/h3-17,27H,18-19H2,1-2H3. The van der Waals surface area contributed by atoms with Gasteiger partial charge in [0.1, 0.15) is 18.1 Å². The van der Waals surface area contributed by atoms with E-state index in [1.807, 2.05) is 54.6 Å². The molecule has 0 fully saturated rings. The van der Waals surface area contributed by atoms with Crippen LogP contribution in [0.4, 0.5) is 0 Å². The Morgan fingerprint density at radius 2 is 1.59 bits per heavy atom. The molecule has 222 valence electrons. The number of rotatable bonds is 10. The molecule has 3 heterocycles. The summed E-state index contributed by atoms with van der Waals surface area (Å²) in [5.41, 5.74) is 1.53. The van der Waals surface area contributed by atoms with Crippen molar-refractivity contribution >= 4 is 55.1 Å². The van der Waals surface area contributed by atoms with Gasteiger partial charge in [-0.25, -0.2) is 4.98 Å². The zero-order valence-corrected chi connectivity index (χ0v) is 26.1. The first-order valence-electron chi connectivity index (χ1n) is 13.6. The van der Waals surface area contributed by atoms with Gasteiger partial charge in [0.25, 0.3) is 17.7 Å². The Kier molecular flexibility index (Phi) is 8.42. The monoisotopic (exact) mass is 671 g/mol. The number of ether oxygens (including phenoxy) is 2. The lowest BCUT2D eigenvalue weighted by Crippen LogP contribution is -2.40. The molecule has 5 aromatic rings. The second kappa shape index (κ2) is 12.6. The van der Waals surface area contributed by atoms with E-state index in [2.05, 4.69) is 20.9 Å². The number of hydrogen-bond acceptors (Lipinski definition) is 8. The van der Waals surface area contributed by atoms with Crippen molar-refractivity contribution in [3.8, 4) is 11.6 Å². The van der Waals surface area contributed by atoms with E-state index in [4.69, 9.17) is 14.3 Å². The van der Waals surface area contributed by atoms with Crippen molar-refractivity contribution in [3.05, 3.63) is 123 Å². The number of hydrogen-bond donors (Lipinski definition) is 0. The van der Waals surface area contributed by atoms with Crippen molar-refractivity contribution in [2.45, 2.75) is 12.6 Å². The van der Waals surface area contributed by atoms with Crippen LogP contribution in [0.3, 0.4) is 0 Å². The fourth-order valence-electron chi connectivity index (χ4n) is 5.01. The maximum Gasteiger partial charge on any atom is 0.285 e. The smallest absolute Gasteiger partial charge is 0.285 e. The zero-order chi connectivity index (χ0) is 30.8. The van der Waals surface area contributed by atoms with Gasteiger partial charge in [-0.15, -0.1) is 16.4 Å². The van der Waals surface area contributed by atoms with Crippen LogP contribution >= 0.6 is 27.3 Å². The van der Waals surface area contributed by atoms with Crippen LogP contribution in [0.5, 0.6) is 11.6 Å². The van der Waals surface area contributed by atoms with Crippen LogP contribution in [0.1, 0.15) is 47.7 Å². The van der Waals surface area contributed by atoms with Gasteiger partial charge < -0.3 is 14.4 Å². The Morgan fingerprint density at radius 3 is 2.25 bits per heavy atom. The highest BCUT2D eigenvalue weighted by Crippen LogP contribution is 2.36. The average Bonchev–Trinajstić information content (AvgIpc) is 3.59. The molecule has 1 atom stereocenters. The molecule has 2 aromatic heterocycles. The summed E-state index contributed by atoms with van der Waals surface area (Å²) in [5.74, 6) is -0.539. The number of amides is 3. The number of methoxy groups -OCH3 is 2. The van der Waals surface area contributed by atoms with Crippen LogP contribution in [0.25, 0.3) is 10.1 Å². The van der Waals surface area contributed by atoms with Crippen molar-refractivity contribution in [2.24, 2.45) is 0 Å². The van der Waals surface area contributed by atoms with Gasteiger partial charge in [-0.3, -0.25) is 19.2 Å². The van der Waals surface area contributed by atoms with Crippen LogP contribution in [0, 0.1) is 0 Å². The number of thiophene rings is 1. The highest BCUT2D eigenvalue weighted by Gasteiger charge is 2.38. The van der Waals surface area contributed by atoms with Crippen molar-refractivity contribution in [3.63, 3.8) is 0 Å². The van der Waals surface area contributed by atoms with E-state index in [-0.39, 0.29) is 41.8 Å². The van der Waals surface area contributed by atoms with Crippen molar-refractivity contribution in [1.82, 2.24) is 14.9 Å². The summed E-state index contributed by atoms with van der Waals surface area (Å²) < 4.78 is 12.3. The Bertz CT molecular complexity index is 1810. The molecular weight excluding hydrogens is 646 g/mol. The number of carbonyl (C=O) groups excluding carboxylic acids is 3. The predicted molar refractivity (Wildman–Crippen MR) is 169 cm³/mol. The minimum absolute atomic E-state index is 0.158. The molecule has 44 heavy (non-hydrogen) atoms. The summed E-state index contributed by atoms with van der Waals surface area (Å²) in [6.45, 7) is 0.00112. The number of halogens is 1. The van der Waals surface area contributed by atoms with E-state index in [1.54, 1.807) is 48.4 Å². The molecule has 0 bridgehead atoms. The third-order valence-corrected chi connectivity index (χ3v) is 9.09. The Labute approximate surface area is 265 Å². The lowest BCUT2D eigenvalue weighted by Gasteiger charge is -2.32. The molecule has 9 nitrogen and oxygen atoms in total. The Hall–Kier alpha value is -4.58. The quantitative estimate of drug-likeness (QED) is 0.153. The van der Waals surface area contributed by atoms with Gasteiger partial charge in [0, 0.05) is 16.1 Å². The van der Waals surface area contributed by atoms with E-state index in [0.29, 0.717) is 10.2 Å². The number of nitrogens with zero attached hydrogens (tertiary/aromatic N) is 3. The van der Waals surface area contributed by atoms with E-state index in [0.717, 1.165) is 25.6 Å². The molecule has 0 aliphatic carbocycles. The van der Waals surface area contributed by atoms with E-state index < -0.39 is 17.9 Å². The number of pyridine rings is 1. The summed E-state index contributed by atoms with van der Waals surface area (Å²) in [7, 11) is 3.07. The number of carbonyl (C=O) groups is 3. The molecule has 1 unspecified atom stereocenters. The van der Waals surface area contributed by atoms with Crippen molar-refractivity contribution in [1.29, 1.82) is 0 Å². The summed E-state index contributed by atoms with van der Waals surface area (Å²) >= 11 is 4.91. The molecule has 0 N–H and O–H groups in total. The van der Waals surface area contributed by atoms with Gasteiger partial charge in [0.15, 0.2) is 0 Å². The maximum atomic E-state index is 14.4. The highest BCUT2D eigenvalue weighted by atomic mass is 79.9. The molecule has 3 aromatic carbocycles. The van der Waals surface area contributed by atoms with Crippen LogP contribution < -0.4 is 9.47 Å². The molecule has 0 spiro atoms.